The summed E-state index contributed by atoms with van der Waals surface area (Å²) in [6, 6.07) is 1.38. The number of nitrogens with zero attached hydrogens (tertiary/aromatic N) is 3. The quantitative estimate of drug-likeness (QED) is 0.775. The van der Waals surface area contributed by atoms with Gasteiger partial charge >= 0.3 is 5.69 Å². The van der Waals surface area contributed by atoms with Gasteiger partial charge in [0.2, 0.25) is 0 Å². The summed E-state index contributed by atoms with van der Waals surface area (Å²) >= 11 is 11.4. The number of carbonyl (C=O) groups excluding carboxylic acids is 1. The molecule has 0 atom stereocenters. The standard InChI is InChI=1S/C11H10Cl2N4O3/c1-11(12,13)9(19)16-4-7(5-16)17-3-6(2-14)8(18)15-10(17)20/h3,7H,4-5H2,1H3,(H,15,18,20). The lowest BCUT2D eigenvalue weighted by Crippen LogP contribution is -2.56. The van der Waals surface area contributed by atoms with E-state index in [1.807, 2.05) is 0 Å². The van der Waals surface area contributed by atoms with Crippen molar-refractivity contribution < 1.29 is 4.79 Å². The van der Waals surface area contributed by atoms with Gasteiger partial charge in [0.05, 0.1) is 6.04 Å². The molecule has 1 saturated heterocycles. The summed E-state index contributed by atoms with van der Waals surface area (Å²) in [4.78, 5) is 38.1. The minimum Gasteiger partial charge on any atom is -0.336 e. The van der Waals surface area contributed by atoms with Crippen molar-refractivity contribution in [2.75, 3.05) is 13.1 Å². The Hall–Kier alpha value is -1.78. The molecule has 1 N–H and O–H groups in total. The van der Waals surface area contributed by atoms with Crippen LogP contribution in [0.25, 0.3) is 0 Å². The van der Waals surface area contributed by atoms with Gasteiger partial charge in [-0.15, -0.1) is 0 Å². The van der Waals surface area contributed by atoms with E-state index >= 15 is 0 Å². The van der Waals surface area contributed by atoms with E-state index in [1.165, 1.54) is 22.6 Å². The Morgan fingerprint density at radius 1 is 1.50 bits per heavy atom. The van der Waals surface area contributed by atoms with E-state index < -0.39 is 21.5 Å². The Labute approximate surface area is 123 Å². The SMILES string of the molecule is CC(Cl)(Cl)C(=O)N1CC(n2cc(C#N)c(=O)[nH]c2=O)C1. The summed E-state index contributed by atoms with van der Waals surface area (Å²) in [6.07, 6.45) is 1.19. The molecule has 1 aromatic heterocycles. The second kappa shape index (κ2) is 4.96. The summed E-state index contributed by atoms with van der Waals surface area (Å²) in [6.45, 7) is 1.85. The van der Waals surface area contributed by atoms with Crippen molar-refractivity contribution in [3.8, 4) is 6.07 Å². The largest absolute Gasteiger partial charge is 0.336 e. The van der Waals surface area contributed by atoms with Crippen LogP contribution in [0.2, 0.25) is 0 Å². The highest BCUT2D eigenvalue weighted by molar-refractivity contribution is 6.57. The van der Waals surface area contributed by atoms with E-state index in [0.29, 0.717) is 0 Å². The van der Waals surface area contributed by atoms with Gasteiger partial charge in [0.1, 0.15) is 11.6 Å². The molecule has 1 fully saturated rings. The van der Waals surface area contributed by atoms with Crippen LogP contribution >= 0.6 is 23.2 Å². The highest BCUT2D eigenvalue weighted by Gasteiger charge is 2.40. The molecular weight excluding hydrogens is 307 g/mol. The molecule has 20 heavy (non-hydrogen) atoms. The van der Waals surface area contributed by atoms with Gasteiger partial charge in [-0.3, -0.25) is 19.1 Å². The molecule has 2 rings (SSSR count). The molecule has 0 radical (unpaired) electrons. The van der Waals surface area contributed by atoms with E-state index in [0.717, 1.165) is 0 Å². The topological polar surface area (TPSA) is 99.0 Å². The van der Waals surface area contributed by atoms with Crippen molar-refractivity contribution in [1.82, 2.24) is 14.5 Å². The minimum atomic E-state index is -1.52. The molecule has 0 unspecified atom stereocenters. The van der Waals surface area contributed by atoms with Gasteiger partial charge in [-0.1, -0.05) is 23.2 Å². The van der Waals surface area contributed by atoms with Gasteiger partial charge in [-0.25, -0.2) is 4.79 Å². The fourth-order valence-corrected chi connectivity index (χ4v) is 2.15. The number of hydrogen-bond donors (Lipinski definition) is 1. The van der Waals surface area contributed by atoms with Crippen LogP contribution in [-0.4, -0.2) is 37.8 Å². The first kappa shape index (κ1) is 14.6. The molecule has 0 aliphatic carbocycles. The molecule has 1 aromatic rings. The Morgan fingerprint density at radius 3 is 2.60 bits per heavy atom. The molecule has 7 nitrogen and oxygen atoms in total. The van der Waals surface area contributed by atoms with Gasteiger partial charge in [-0.05, 0) is 6.92 Å². The number of aromatic amines is 1. The Balaban J connectivity index is 2.19. The number of likely N-dealkylation sites (tertiary alicyclic amines) is 1. The summed E-state index contributed by atoms with van der Waals surface area (Å²) in [5.41, 5.74) is -1.50. The summed E-state index contributed by atoms with van der Waals surface area (Å²) < 4.78 is -0.289. The second-order valence-corrected chi connectivity index (χ2v) is 6.28. The summed E-state index contributed by atoms with van der Waals surface area (Å²) in [5.74, 6) is -0.449. The lowest BCUT2D eigenvalue weighted by Gasteiger charge is -2.41. The predicted molar refractivity (Wildman–Crippen MR) is 71.8 cm³/mol. The van der Waals surface area contributed by atoms with Crippen molar-refractivity contribution in [3.63, 3.8) is 0 Å². The molecule has 0 spiro atoms. The van der Waals surface area contributed by atoms with Crippen LogP contribution in [0.5, 0.6) is 0 Å². The highest BCUT2D eigenvalue weighted by atomic mass is 35.5. The van der Waals surface area contributed by atoms with Gasteiger partial charge < -0.3 is 4.90 Å². The molecule has 1 aliphatic rings. The molecule has 0 bridgehead atoms. The maximum absolute atomic E-state index is 11.8. The van der Waals surface area contributed by atoms with Gasteiger partial charge in [0, 0.05) is 19.3 Å². The lowest BCUT2D eigenvalue weighted by molar-refractivity contribution is -0.137. The van der Waals surface area contributed by atoms with Crippen LogP contribution in [0.3, 0.4) is 0 Å². The Morgan fingerprint density at radius 2 is 2.10 bits per heavy atom. The number of hydrogen-bond acceptors (Lipinski definition) is 4. The second-order valence-electron chi connectivity index (χ2n) is 4.57. The van der Waals surface area contributed by atoms with Gasteiger partial charge in [-0.2, -0.15) is 5.26 Å². The number of nitriles is 1. The molecular formula is C11H10Cl2N4O3. The van der Waals surface area contributed by atoms with Crippen LogP contribution in [0.15, 0.2) is 15.8 Å². The predicted octanol–water partition coefficient (Wildman–Crippen LogP) is -0.0146. The molecule has 0 saturated carbocycles. The van der Waals surface area contributed by atoms with Crippen LogP contribution in [-0.2, 0) is 4.79 Å². The molecule has 0 aromatic carbocycles. The molecule has 1 amide bonds. The number of H-pyrrole nitrogens is 1. The fraction of sp³-hybridized carbons (Fsp3) is 0.455. The van der Waals surface area contributed by atoms with E-state index in [9.17, 15) is 14.4 Å². The summed E-state index contributed by atoms with van der Waals surface area (Å²) in [7, 11) is 0. The van der Waals surface area contributed by atoms with E-state index in [1.54, 1.807) is 6.07 Å². The number of nitrogens with one attached hydrogen (secondary N) is 1. The number of rotatable bonds is 2. The number of halogens is 2. The summed E-state index contributed by atoms with van der Waals surface area (Å²) in [5, 5.41) is 8.77. The van der Waals surface area contributed by atoms with Gasteiger partial charge in [0.25, 0.3) is 11.5 Å². The monoisotopic (exact) mass is 316 g/mol. The van der Waals surface area contributed by atoms with Crippen molar-refractivity contribution >= 4 is 29.1 Å². The third-order valence-electron chi connectivity index (χ3n) is 3.01. The van der Waals surface area contributed by atoms with Crippen molar-refractivity contribution in [3.05, 3.63) is 32.6 Å². The molecule has 9 heteroatoms. The zero-order valence-corrected chi connectivity index (χ0v) is 11.9. The molecule has 106 valence electrons. The number of carbonyl (C=O) groups is 1. The maximum atomic E-state index is 11.8. The normalized spacial score (nSPS) is 15.6. The van der Waals surface area contributed by atoms with Gasteiger partial charge in [0.15, 0.2) is 4.33 Å². The van der Waals surface area contributed by atoms with Crippen LogP contribution in [0.4, 0.5) is 0 Å². The number of amides is 1. The average Bonchev–Trinajstić information content (AvgIpc) is 2.28. The molecule has 2 heterocycles. The van der Waals surface area contributed by atoms with E-state index in [4.69, 9.17) is 28.5 Å². The first-order valence-electron chi connectivity index (χ1n) is 5.67. The molecule has 1 aliphatic heterocycles. The van der Waals surface area contributed by atoms with E-state index in [-0.39, 0.29) is 24.7 Å². The third kappa shape index (κ3) is 2.57. The first-order chi connectivity index (χ1) is 9.24. The number of alkyl halides is 2. The highest BCUT2D eigenvalue weighted by Crippen LogP contribution is 2.28. The van der Waals surface area contributed by atoms with E-state index in [2.05, 4.69) is 4.98 Å². The van der Waals surface area contributed by atoms with Crippen LogP contribution in [0.1, 0.15) is 18.5 Å². The lowest BCUT2D eigenvalue weighted by atomic mass is 10.1. The Bertz CT molecular complexity index is 704. The maximum Gasteiger partial charge on any atom is 0.328 e. The number of aromatic nitrogens is 2. The Kier molecular flexibility index (Phi) is 3.63. The third-order valence-corrected chi connectivity index (χ3v) is 3.33. The van der Waals surface area contributed by atoms with Crippen molar-refractivity contribution in [2.24, 2.45) is 0 Å². The zero-order valence-electron chi connectivity index (χ0n) is 10.4. The first-order valence-corrected chi connectivity index (χ1v) is 6.42. The fourth-order valence-electron chi connectivity index (χ4n) is 1.91. The minimum absolute atomic E-state index is 0.158. The van der Waals surface area contributed by atoms with Crippen molar-refractivity contribution in [1.29, 1.82) is 5.26 Å². The van der Waals surface area contributed by atoms with Crippen LogP contribution < -0.4 is 11.2 Å². The van der Waals surface area contributed by atoms with Crippen LogP contribution in [0, 0.1) is 11.3 Å². The average molecular weight is 317 g/mol. The van der Waals surface area contributed by atoms with Crippen molar-refractivity contribution in [2.45, 2.75) is 17.3 Å². The smallest absolute Gasteiger partial charge is 0.328 e. The zero-order chi connectivity index (χ0) is 15.1.